The molecule has 2 N–H and O–H groups in total. The molecule has 0 heterocycles. The molecule has 1 amide bonds. The van der Waals surface area contributed by atoms with Crippen molar-refractivity contribution in [2.45, 2.75) is 38.6 Å². The van der Waals surface area contributed by atoms with Gasteiger partial charge in [0, 0.05) is 24.0 Å². The van der Waals surface area contributed by atoms with E-state index in [9.17, 15) is 4.79 Å². The Kier molecular flexibility index (Phi) is 5.40. The third-order valence-electron chi connectivity index (χ3n) is 3.54. The molecule has 0 aliphatic heterocycles. The number of hydrogen-bond acceptors (Lipinski definition) is 2. The van der Waals surface area contributed by atoms with Crippen LogP contribution in [0.1, 0.15) is 43.4 Å². The zero-order valence-corrected chi connectivity index (χ0v) is 12.9. The Bertz CT molecular complexity index is 448. The highest BCUT2D eigenvalue weighted by molar-refractivity contribution is 9.10. The summed E-state index contributed by atoms with van der Waals surface area (Å²) >= 11 is 3.55. The lowest BCUT2D eigenvalue weighted by Gasteiger charge is -2.27. The second kappa shape index (κ2) is 7.06. The molecule has 0 fully saturated rings. The fourth-order valence-corrected chi connectivity index (χ4v) is 2.99. The first kappa shape index (κ1) is 14.5. The first-order valence-corrected chi connectivity index (χ1v) is 7.72. The molecule has 0 unspecified atom stereocenters. The maximum Gasteiger partial charge on any atom is 0.216 e. The van der Waals surface area contributed by atoms with Gasteiger partial charge in [-0.15, -0.1) is 0 Å². The van der Waals surface area contributed by atoms with Gasteiger partial charge in [0.05, 0.1) is 0 Å². The van der Waals surface area contributed by atoms with E-state index in [-0.39, 0.29) is 5.91 Å². The molecule has 19 heavy (non-hydrogen) atoms. The molecular weight excluding hydrogens is 304 g/mol. The molecule has 1 aromatic carbocycles. The fraction of sp³-hybridized carbons (Fsp3) is 0.533. The highest BCUT2D eigenvalue weighted by atomic mass is 79.9. The summed E-state index contributed by atoms with van der Waals surface area (Å²) in [7, 11) is 0. The Morgan fingerprint density at radius 2 is 2.26 bits per heavy atom. The van der Waals surface area contributed by atoms with E-state index in [4.69, 9.17) is 0 Å². The van der Waals surface area contributed by atoms with Gasteiger partial charge in [-0.2, -0.15) is 0 Å². The normalized spacial score (nSPS) is 17.9. The van der Waals surface area contributed by atoms with E-state index in [1.165, 1.54) is 30.4 Å². The van der Waals surface area contributed by atoms with Crippen LogP contribution in [0.4, 0.5) is 0 Å². The van der Waals surface area contributed by atoms with Crippen molar-refractivity contribution in [3.63, 3.8) is 0 Å². The Balaban J connectivity index is 1.85. The summed E-state index contributed by atoms with van der Waals surface area (Å²) in [6, 6.07) is 7.04. The van der Waals surface area contributed by atoms with Crippen molar-refractivity contribution in [1.82, 2.24) is 10.6 Å². The van der Waals surface area contributed by atoms with Crippen LogP contribution in [0.15, 0.2) is 22.7 Å². The van der Waals surface area contributed by atoms with Gasteiger partial charge in [-0.25, -0.2) is 0 Å². The Labute approximate surface area is 123 Å². The SMILES string of the molecule is CC(=O)NCCCN[C@H]1CCCc2ccc(Br)cc21. The first-order valence-electron chi connectivity index (χ1n) is 6.93. The maximum absolute atomic E-state index is 10.8. The van der Waals surface area contributed by atoms with Gasteiger partial charge in [-0.3, -0.25) is 4.79 Å². The molecule has 3 nitrogen and oxygen atoms in total. The fourth-order valence-electron chi connectivity index (χ4n) is 2.61. The molecule has 0 bridgehead atoms. The molecule has 0 saturated carbocycles. The third kappa shape index (κ3) is 4.32. The molecule has 1 aliphatic carbocycles. The zero-order chi connectivity index (χ0) is 13.7. The van der Waals surface area contributed by atoms with Crippen LogP contribution in [0.3, 0.4) is 0 Å². The van der Waals surface area contributed by atoms with Gasteiger partial charge in [0.1, 0.15) is 0 Å². The summed E-state index contributed by atoms with van der Waals surface area (Å²) in [6.07, 6.45) is 4.60. The molecule has 1 aliphatic rings. The van der Waals surface area contributed by atoms with Crippen LogP contribution in [-0.2, 0) is 11.2 Å². The van der Waals surface area contributed by atoms with Gasteiger partial charge in [0.25, 0.3) is 0 Å². The molecule has 1 atom stereocenters. The van der Waals surface area contributed by atoms with E-state index in [1.807, 2.05) is 0 Å². The molecule has 0 saturated heterocycles. The van der Waals surface area contributed by atoms with Crippen molar-refractivity contribution in [3.05, 3.63) is 33.8 Å². The summed E-state index contributed by atoms with van der Waals surface area (Å²) in [5.74, 6) is 0.0481. The lowest BCUT2D eigenvalue weighted by molar-refractivity contribution is -0.118. The summed E-state index contributed by atoms with van der Waals surface area (Å²) < 4.78 is 1.15. The maximum atomic E-state index is 10.8. The van der Waals surface area contributed by atoms with Crippen LogP contribution < -0.4 is 10.6 Å². The number of carbonyl (C=O) groups is 1. The molecule has 0 aromatic heterocycles. The Morgan fingerprint density at radius 3 is 3.05 bits per heavy atom. The van der Waals surface area contributed by atoms with Gasteiger partial charge in [-0.05, 0) is 55.5 Å². The van der Waals surface area contributed by atoms with Crippen molar-refractivity contribution in [2.75, 3.05) is 13.1 Å². The van der Waals surface area contributed by atoms with Crippen LogP contribution in [-0.4, -0.2) is 19.0 Å². The van der Waals surface area contributed by atoms with Crippen LogP contribution in [0.2, 0.25) is 0 Å². The van der Waals surface area contributed by atoms with Crippen LogP contribution in [0.25, 0.3) is 0 Å². The van der Waals surface area contributed by atoms with Crippen molar-refractivity contribution in [2.24, 2.45) is 0 Å². The highest BCUT2D eigenvalue weighted by Crippen LogP contribution is 2.31. The van der Waals surface area contributed by atoms with Crippen LogP contribution in [0, 0.1) is 0 Å². The molecule has 2 rings (SSSR count). The minimum atomic E-state index is 0.0481. The second-order valence-corrected chi connectivity index (χ2v) is 5.99. The number of halogens is 1. The minimum Gasteiger partial charge on any atom is -0.356 e. The number of rotatable bonds is 5. The van der Waals surface area contributed by atoms with Gasteiger partial charge in [0.2, 0.25) is 5.91 Å². The highest BCUT2D eigenvalue weighted by Gasteiger charge is 2.19. The number of aryl methyl sites for hydroxylation is 1. The van der Waals surface area contributed by atoms with Crippen molar-refractivity contribution >= 4 is 21.8 Å². The van der Waals surface area contributed by atoms with Crippen molar-refractivity contribution in [3.8, 4) is 0 Å². The lowest BCUT2D eigenvalue weighted by atomic mass is 9.88. The average molecular weight is 325 g/mol. The summed E-state index contributed by atoms with van der Waals surface area (Å²) in [5, 5.41) is 6.43. The number of carbonyl (C=O) groups excluding carboxylic acids is 1. The first-order chi connectivity index (χ1) is 9.16. The zero-order valence-electron chi connectivity index (χ0n) is 11.3. The largest absolute Gasteiger partial charge is 0.356 e. The molecule has 0 spiro atoms. The quantitative estimate of drug-likeness (QED) is 0.817. The van der Waals surface area contributed by atoms with Gasteiger partial charge < -0.3 is 10.6 Å². The van der Waals surface area contributed by atoms with E-state index in [0.29, 0.717) is 6.04 Å². The van der Waals surface area contributed by atoms with E-state index < -0.39 is 0 Å². The number of fused-ring (bicyclic) bond motifs is 1. The van der Waals surface area contributed by atoms with E-state index >= 15 is 0 Å². The molecule has 0 radical (unpaired) electrons. The van der Waals surface area contributed by atoms with Crippen LogP contribution in [0.5, 0.6) is 0 Å². The van der Waals surface area contributed by atoms with E-state index in [1.54, 1.807) is 6.92 Å². The molecular formula is C15H21BrN2O. The lowest BCUT2D eigenvalue weighted by Crippen LogP contribution is -2.29. The number of nitrogens with one attached hydrogen (secondary N) is 2. The molecule has 104 valence electrons. The summed E-state index contributed by atoms with van der Waals surface area (Å²) in [5.41, 5.74) is 2.90. The number of hydrogen-bond donors (Lipinski definition) is 2. The van der Waals surface area contributed by atoms with E-state index in [0.717, 1.165) is 24.0 Å². The third-order valence-corrected chi connectivity index (χ3v) is 4.03. The van der Waals surface area contributed by atoms with Crippen molar-refractivity contribution < 1.29 is 4.79 Å². The second-order valence-electron chi connectivity index (χ2n) is 5.08. The Morgan fingerprint density at radius 1 is 1.42 bits per heavy atom. The smallest absolute Gasteiger partial charge is 0.216 e. The van der Waals surface area contributed by atoms with Gasteiger partial charge in [0.15, 0.2) is 0 Å². The molecule has 4 heteroatoms. The van der Waals surface area contributed by atoms with Crippen molar-refractivity contribution in [1.29, 1.82) is 0 Å². The average Bonchev–Trinajstić information content (AvgIpc) is 2.38. The number of benzene rings is 1. The predicted molar refractivity (Wildman–Crippen MR) is 81.1 cm³/mol. The topological polar surface area (TPSA) is 41.1 Å². The summed E-state index contributed by atoms with van der Waals surface area (Å²) in [6.45, 7) is 3.25. The van der Waals surface area contributed by atoms with Gasteiger partial charge >= 0.3 is 0 Å². The summed E-state index contributed by atoms with van der Waals surface area (Å²) in [4.78, 5) is 10.8. The Hall–Kier alpha value is -0.870. The van der Waals surface area contributed by atoms with Crippen LogP contribution >= 0.6 is 15.9 Å². The van der Waals surface area contributed by atoms with Gasteiger partial charge in [-0.1, -0.05) is 22.0 Å². The monoisotopic (exact) mass is 324 g/mol. The van der Waals surface area contributed by atoms with E-state index in [2.05, 4.69) is 44.8 Å². The minimum absolute atomic E-state index is 0.0481. The molecule has 1 aromatic rings. The predicted octanol–water partition coefficient (Wildman–Crippen LogP) is 2.94. The number of amides is 1. The standard InChI is InChI=1S/C15H21BrN2O/c1-11(19)17-8-3-9-18-15-5-2-4-12-6-7-13(16)10-14(12)15/h6-7,10,15,18H,2-5,8-9H2,1H3,(H,17,19)/t15-/m0/s1.